The molecule has 0 saturated carbocycles. The Hall–Kier alpha value is -1.03. The van der Waals surface area contributed by atoms with E-state index in [-0.39, 0.29) is 5.15 Å². The molecule has 0 bridgehead atoms. The zero-order valence-electron chi connectivity index (χ0n) is 5.58. The van der Waals surface area contributed by atoms with Crippen molar-refractivity contribution in [1.29, 1.82) is 0 Å². The van der Waals surface area contributed by atoms with Crippen molar-refractivity contribution >= 4 is 11.6 Å². The lowest BCUT2D eigenvalue weighted by atomic mass is 10.4. The van der Waals surface area contributed by atoms with Gasteiger partial charge in [-0.25, -0.2) is 0 Å². The molecule has 1 aromatic rings. The summed E-state index contributed by atoms with van der Waals surface area (Å²) >= 11 is 5.66. The van der Waals surface area contributed by atoms with Gasteiger partial charge in [0.1, 0.15) is 13.2 Å². The summed E-state index contributed by atoms with van der Waals surface area (Å²) in [5, 5.41) is 7.47. The van der Waals surface area contributed by atoms with E-state index in [1.54, 1.807) is 0 Å². The third-order valence-electron chi connectivity index (χ3n) is 1.32. The maximum atomic E-state index is 5.66. The smallest absolute Gasteiger partial charge is 0.202 e. The van der Waals surface area contributed by atoms with Gasteiger partial charge in [0.05, 0.1) is 6.20 Å². The van der Waals surface area contributed by atoms with Crippen LogP contribution in [0, 0.1) is 0 Å². The van der Waals surface area contributed by atoms with Gasteiger partial charge < -0.3 is 9.47 Å². The fourth-order valence-electron chi connectivity index (χ4n) is 0.867. The van der Waals surface area contributed by atoms with Gasteiger partial charge in [-0.15, -0.1) is 5.10 Å². The summed E-state index contributed by atoms with van der Waals surface area (Å²) in [6, 6.07) is 0. The Morgan fingerprint density at radius 2 is 2.18 bits per heavy atom. The summed E-state index contributed by atoms with van der Waals surface area (Å²) in [7, 11) is 0. The van der Waals surface area contributed by atoms with Gasteiger partial charge in [-0.3, -0.25) is 0 Å². The van der Waals surface area contributed by atoms with Gasteiger partial charge in [-0.1, -0.05) is 11.6 Å². The van der Waals surface area contributed by atoms with Crippen LogP contribution in [0.4, 0.5) is 0 Å². The van der Waals surface area contributed by atoms with Crippen molar-refractivity contribution in [3.05, 3.63) is 11.3 Å². The number of hydrogen-bond acceptors (Lipinski definition) is 4. The Bertz CT molecular complexity index is 279. The Kier molecular flexibility index (Phi) is 1.54. The zero-order chi connectivity index (χ0) is 7.68. The van der Waals surface area contributed by atoms with Crippen LogP contribution in [0.5, 0.6) is 11.5 Å². The predicted molar refractivity (Wildman–Crippen MR) is 38.0 cm³/mol. The molecule has 0 spiro atoms. The van der Waals surface area contributed by atoms with E-state index in [4.69, 9.17) is 21.1 Å². The summed E-state index contributed by atoms with van der Waals surface area (Å²) in [5.74, 6) is 1.06. The molecule has 4 nitrogen and oxygen atoms in total. The molecular weight excluding hydrogens is 168 g/mol. The predicted octanol–water partition coefficient (Wildman–Crippen LogP) is 0.901. The molecule has 0 saturated heterocycles. The lowest BCUT2D eigenvalue weighted by Crippen LogP contribution is -2.16. The van der Waals surface area contributed by atoms with Crippen LogP contribution in [-0.4, -0.2) is 23.4 Å². The average Bonchev–Trinajstić information content (AvgIpc) is 2.06. The third-order valence-corrected chi connectivity index (χ3v) is 1.57. The molecule has 0 unspecified atom stereocenters. The highest BCUT2D eigenvalue weighted by atomic mass is 35.5. The van der Waals surface area contributed by atoms with E-state index in [0.717, 1.165) is 0 Å². The molecule has 2 rings (SSSR count). The van der Waals surface area contributed by atoms with Crippen LogP contribution in [0.25, 0.3) is 0 Å². The van der Waals surface area contributed by atoms with Crippen LogP contribution in [0.1, 0.15) is 0 Å². The molecule has 2 heterocycles. The highest BCUT2D eigenvalue weighted by molar-refractivity contribution is 6.31. The van der Waals surface area contributed by atoms with Gasteiger partial charge in [-0.2, -0.15) is 5.10 Å². The summed E-state index contributed by atoms with van der Waals surface area (Å²) in [5.41, 5.74) is 0. The monoisotopic (exact) mass is 172 g/mol. The number of rotatable bonds is 0. The lowest BCUT2D eigenvalue weighted by molar-refractivity contribution is 0.169. The van der Waals surface area contributed by atoms with Crippen LogP contribution >= 0.6 is 11.6 Å². The average molecular weight is 173 g/mol. The van der Waals surface area contributed by atoms with Gasteiger partial charge in [0, 0.05) is 0 Å². The molecule has 0 fully saturated rings. The van der Waals surface area contributed by atoms with Crippen molar-refractivity contribution in [2.75, 3.05) is 13.2 Å². The first-order valence-electron chi connectivity index (χ1n) is 3.15. The van der Waals surface area contributed by atoms with Crippen molar-refractivity contribution in [2.24, 2.45) is 0 Å². The number of hydrogen-bond donors (Lipinski definition) is 0. The molecule has 0 radical (unpaired) electrons. The zero-order valence-corrected chi connectivity index (χ0v) is 6.34. The summed E-state index contributed by atoms with van der Waals surface area (Å²) in [6.07, 6.45) is 1.49. The summed E-state index contributed by atoms with van der Waals surface area (Å²) < 4.78 is 10.4. The first-order valence-corrected chi connectivity index (χ1v) is 3.52. The molecule has 1 aliphatic heterocycles. The minimum absolute atomic E-state index is 0.252. The van der Waals surface area contributed by atoms with Gasteiger partial charge >= 0.3 is 0 Å². The first kappa shape index (κ1) is 6.67. The molecule has 5 heteroatoms. The normalized spacial score (nSPS) is 14.6. The van der Waals surface area contributed by atoms with Gasteiger partial charge in [0.15, 0.2) is 10.9 Å². The van der Waals surface area contributed by atoms with Crippen LogP contribution < -0.4 is 9.47 Å². The standard InChI is InChI=1S/C6H5ClN2O2/c7-6-5-4(3-8-9-6)10-1-2-11-5/h3H,1-2H2. The molecule has 1 aliphatic rings. The highest BCUT2D eigenvalue weighted by Crippen LogP contribution is 2.33. The van der Waals surface area contributed by atoms with Crippen LogP contribution in [0.2, 0.25) is 5.15 Å². The van der Waals surface area contributed by atoms with Crippen LogP contribution in [0.3, 0.4) is 0 Å². The van der Waals surface area contributed by atoms with Crippen molar-refractivity contribution in [3.63, 3.8) is 0 Å². The van der Waals surface area contributed by atoms with Crippen LogP contribution in [0.15, 0.2) is 6.20 Å². The first-order chi connectivity index (χ1) is 5.38. The SMILES string of the molecule is Clc1nncc2c1OCCO2. The molecular formula is C6H5ClN2O2. The van der Waals surface area contributed by atoms with Crippen LogP contribution in [-0.2, 0) is 0 Å². The maximum Gasteiger partial charge on any atom is 0.202 e. The highest BCUT2D eigenvalue weighted by Gasteiger charge is 2.15. The Morgan fingerprint density at radius 3 is 3.00 bits per heavy atom. The molecule has 0 aromatic carbocycles. The number of aromatic nitrogens is 2. The lowest BCUT2D eigenvalue weighted by Gasteiger charge is -2.17. The Labute approximate surface area is 68.1 Å². The molecule has 58 valence electrons. The topological polar surface area (TPSA) is 44.2 Å². The molecule has 1 aromatic heterocycles. The van der Waals surface area contributed by atoms with E-state index in [2.05, 4.69) is 10.2 Å². The number of ether oxygens (including phenoxy) is 2. The fraction of sp³-hybridized carbons (Fsp3) is 0.333. The van der Waals surface area contributed by atoms with E-state index < -0.39 is 0 Å². The van der Waals surface area contributed by atoms with Gasteiger partial charge in [0.2, 0.25) is 5.75 Å². The van der Waals surface area contributed by atoms with Gasteiger partial charge in [0.25, 0.3) is 0 Å². The van der Waals surface area contributed by atoms with E-state index >= 15 is 0 Å². The number of fused-ring (bicyclic) bond motifs is 1. The summed E-state index contributed by atoms with van der Waals surface area (Å²) in [6.45, 7) is 1.05. The Morgan fingerprint density at radius 1 is 1.36 bits per heavy atom. The van der Waals surface area contributed by atoms with Crippen molar-refractivity contribution < 1.29 is 9.47 Å². The Balaban J connectivity index is 2.49. The van der Waals surface area contributed by atoms with E-state index in [0.29, 0.717) is 24.7 Å². The second-order valence-electron chi connectivity index (χ2n) is 2.03. The molecule has 0 atom stereocenters. The number of nitrogens with zero attached hydrogens (tertiary/aromatic N) is 2. The maximum absolute atomic E-state index is 5.66. The third kappa shape index (κ3) is 1.09. The van der Waals surface area contributed by atoms with E-state index in [1.807, 2.05) is 0 Å². The van der Waals surface area contributed by atoms with Crippen molar-refractivity contribution in [2.45, 2.75) is 0 Å². The van der Waals surface area contributed by atoms with E-state index in [1.165, 1.54) is 6.20 Å². The molecule has 0 aliphatic carbocycles. The minimum Gasteiger partial charge on any atom is -0.484 e. The molecule has 0 N–H and O–H groups in total. The second kappa shape index (κ2) is 2.54. The minimum atomic E-state index is 0.252. The quantitative estimate of drug-likeness (QED) is 0.583. The van der Waals surface area contributed by atoms with Crippen molar-refractivity contribution in [3.8, 4) is 11.5 Å². The molecule has 11 heavy (non-hydrogen) atoms. The largest absolute Gasteiger partial charge is 0.484 e. The fourth-order valence-corrected chi connectivity index (χ4v) is 1.06. The summed E-state index contributed by atoms with van der Waals surface area (Å²) in [4.78, 5) is 0. The van der Waals surface area contributed by atoms with Gasteiger partial charge in [-0.05, 0) is 0 Å². The van der Waals surface area contributed by atoms with E-state index in [9.17, 15) is 0 Å². The number of halogens is 1. The molecule has 0 amide bonds. The second-order valence-corrected chi connectivity index (χ2v) is 2.38. The van der Waals surface area contributed by atoms with Crippen molar-refractivity contribution in [1.82, 2.24) is 10.2 Å².